The Morgan fingerprint density at radius 2 is 2.17 bits per heavy atom. The van der Waals surface area contributed by atoms with E-state index in [1.165, 1.54) is 11.5 Å². The van der Waals surface area contributed by atoms with E-state index in [4.69, 9.17) is 4.52 Å². The molecule has 2 aromatic heterocycles. The molecule has 1 atom stereocenters. The van der Waals surface area contributed by atoms with Crippen LogP contribution in [-0.4, -0.2) is 31.9 Å². The van der Waals surface area contributed by atoms with Crippen LogP contribution in [0.5, 0.6) is 0 Å². The molecule has 1 amide bonds. The maximum Gasteiger partial charge on any atom is 0.239 e. The molecule has 4 rings (SSSR count). The number of carbonyl (C=O) groups is 1. The summed E-state index contributed by atoms with van der Waals surface area (Å²) >= 11 is 1.33. The van der Waals surface area contributed by atoms with Crippen molar-refractivity contribution >= 4 is 17.4 Å². The average Bonchev–Trinajstić information content (AvgIpc) is 3.30. The molecular formula is C16H14N4O2S. The maximum atomic E-state index is 12.6. The van der Waals surface area contributed by atoms with Crippen molar-refractivity contribution < 1.29 is 9.32 Å². The molecule has 1 saturated heterocycles. The molecule has 116 valence electrons. The summed E-state index contributed by atoms with van der Waals surface area (Å²) in [7, 11) is 0. The summed E-state index contributed by atoms with van der Waals surface area (Å²) in [5.74, 6) is 0.592. The Morgan fingerprint density at radius 1 is 1.30 bits per heavy atom. The van der Waals surface area contributed by atoms with E-state index in [1.807, 2.05) is 40.6 Å². The minimum absolute atomic E-state index is 0.0486. The third-order valence-corrected chi connectivity index (χ3v) is 4.53. The molecule has 1 aromatic carbocycles. The van der Waals surface area contributed by atoms with Crippen LogP contribution in [0.4, 0.5) is 0 Å². The summed E-state index contributed by atoms with van der Waals surface area (Å²) in [6.07, 6.45) is 2.40. The van der Waals surface area contributed by atoms with E-state index in [1.54, 1.807) is 6.20 Å². The van der Waals surface area contributed by atoms with Crippen LogP contribution in [0.2, 0.25) is 0 Å². The number of aromatic nitrogens is 3. The maximum absolute atomic E-state index is 12.6. The van der Waals surface area contributed by atoms with Gasteiger partial charge in [0.2, 0.25) is 17.6 Å². The lowest BCUT2D eigenvalue weighted by Gasteiger charge is -2.15. The number of carbonyl (C=O) groups excluding carboxylic acids is 1. The smallest absolute Gasteiger partial charge is 0.239 e. The molecule has 23 heavy (non-hydrogen) atoms. The van der Waals surface area contributed by atoms with Gasteiger partial charge in [0, 0.05) is 18.5 Å². The number of amides is 1. The molecule has 0 aliphatic carbocycles. The molecule has 3 aromatic rings. The second-order valence-electron chi connectivity index (χ2n) is 5.46. The molecule has 7 heteroatoms. The second-order valence-corrected chi connectivity index (χ2v) is 6.11. The standard InChI is InChI=1S/C16H14N4O2S/c21-16-13(6-7-20(16)9-11-4-2-1-3-5-11)15-18-14(19-22-15)12-8-17-23-10-12/h1-5,8,10,13H,6-7,9H2. The first-order valence-electron chi connectivity index (χ1n) is 7.37. The van der Waals surface area contributed by atoms with Crippen molar-refractivity contribution in [2.75, 3.05) is 6.54 Å². The molecule has 0 spiro atoms. The molecule has 0 N–H and O–H groups in total. The lowest BCUT2D eigenvalue weighted by Crippen LogP contribution is -2.26. The number of rotatable bonds is 4. The normalized spacial score (nSPS) is 17.8. The largest absolute Gasteiger partial charge is 0.338 e. The number of hydrogen-bond acceptors (Lipinski definition) is 6. The van der Waals surface area contributed by atoms with E-state index in [-0.39, 0.29) is 11.8 Å². The molecule has 6 nitrogen and oxygen atoms in total. The highest BCUT2D eigenvalue weighted by atomic mass is 32.1. The van der Waals surface area contributed by atoms with Crippen molar-refractivity contribution in [2.45, 2.75) is 18.9 Å². The molecule has 1 fully saturated rings. The topological polar surface area (TPSA) is 72.1 Å². The van der Waals surface area contributed by atoms with Gasteiger partial charge >= 0.3 is 0 Å². The van der Waals surface area contributed by atoms with Gasteiger partial charge in [-0.15, -0.1) is 0 Å². The Kier molecular flexibility index (Phi) is 3.63. The highest BCUT2D eigenvalue weighted by Gasteiger charge is 2.36. The van der Waals surface area contributed by atoms with Gasteiger partial charge in [0.25, 0.3) is 0 Å². The molecule has 1 aliphatic rings. The third kappa shape index (κ3) is 2.75. The zero-order valence-electron chi connectivity index (χ0n) is 12.3. The van der Waals surface area contributed by atoms with Crippen LogP contribution >= 0.6 is 11.5 Å². The molecule has 1 aliphatic heterocycles. The van der Waals surface area contributed by atoms with E-state index in [0.717, 1.165) is 11.1 Å². The Bertz CT molecular complexity index is 801. The van der Waals surface area contributed by atoms with E-state index in [0.29, 0.717) is 31.2 Å². The van der Waals surface area contributed by atoms with Gasteiger partial charge in [0.1, 0.15) is 5.92 Å². The van der Waals surface area contributed by atoms with Crippen molar-refractivity contribution in [3.05, 3.63) is 53.4 Å². The zero-order valence-corrected chi connectivity index (χ0v) is 13.1. The van der Waals surface area contributed by atoms with Gasteiger partial charge in [-0.3, -0.25) is 4.79 Å². The zero-order chi connectivity index (χ0) is 15.6. The van der Waals surface area contributed by atoms with Gasteiger partial charge in [-0.25, -0.2) is 4.37 Å². The summed E-state index contributed by atoms with van der Waals surface area (Å²) in [6, 6.07) is 9.97. The van der Waals surface area contributed by atoms with E-state index in [9.17, 15) is 4.79 Å². The summed E-state index contributed by atoms with van der Waals surface area (Å²) in [5, 5.41) is 5.81. The predicted octanol–water partition coefficient (Wildman–Crippen LogP) is 2.71. The summed E-state index contributed by atoms with van der Waals surface area (Å²) in [5.41, 5.74) is 1.94. The first-order chi connectivity index (χ1) is 11.3. The van der Waals surface area contributed by atoms with Crippen LogP contribution in [0.25, 0.3) is 11.4 Å². The Labute approximate surface area is 136 Å². The molecule has 1 unspecified atom stereocenters. The number of likely N-dealkylation sites (tertiary alicyclic amines) is 1. The molecule has 0 bridgehead atoms. The van der Waals surface area contributed by atoms with Crippen LogP contribution in [-0.2, 0) is 11.3 Å². The third-order valence-electron chi connectivity index (χ3n) is 3.94. The fourth-order valence-corrected chi connectivity index (χ4v) is 3.25. The SMILES string of the molecule is O=C1C(c2nc(-c3cnsc3)no2)CCN1Cc1ccccc1. The van der Waals surface area contributed by atoms with Crippen LogP contribution < -0.4 is 0 Å². The molecule has 3 heterocycles. The first kappa shape index (κ1) is 14.1. The number of hydrogen-bond donors (Lipinski definition) is 0. The Hall–Kier alpha value is -2.54. The van der Waals surface area contributed by atoms with Crippen LogP contribution in [0, 0.1) is 0 Å². The number of nitrogens with zero attached hydrogens (tertiary/aromatic N) is 4. The van der Waals surface area contributed by atoms with Crippen LogP contribution in [0.15, 0.2) is 46.4 Å². The van der Waals surface area contributed by atoms with Gasteiger partial charge in [-0.2, -0.15) is 4.98 Å². The van der Waals surface area contributed by atoms with E-state index < -0.39 is 0 Å². The van der Waals surface area contributed by atoms with Crippen LogP contribution in [0.3, 0.4) is 0 Å². The van der Waals surface area contributed by atoms with Gasteiger partial charge in [-0.05, 0) is 23.5 Å². The van der Waals surface area contributed by atoms with Crippen molar-refractivity contribution in [3.63, 3.8) is 0 Å². The van der Waals surface area contributed by atoms with Gasteiger partial charge in [0.05, 0.1) is 11.8 Å². The summed E-state index contributed by atoms with van der Waals surface area (Å²) in [4.78, 5) is 18.8. The summed E-state index contributed by atoms with van der Waals surface area (Å²) in [6.45, 7) is 1.32. The highest BCUT2D eigenvalue weighted by Crippen LogP contribution is 2.30. The average molecular weight is 326 g/mol. The lowest BCUT2D eigenvalue weighted by atomic mass is 10.1. The fraction of sp³-hybridized carbons (Fsp3) is 0.250. The monoisotopic (exact) mass is 326 g/mol. The summed E-state index contributed by atoms with van der Waals surface area (Å²) < 4.78 is 9.33. The van der Waals surface area contributed by atoms with Crippen molar-refractivity contribution in [1.29, 1.82) is 0 Å². The van der Waals surface area contributed by atoms with Crippen molar-refractivity contribution in [1.82, 2.24) is 19.4 Å². The van der Waals surface area contributed by atoms with E-state index in [2.05, 4.69) is 14.5 Å². The van der Waals surface area contributed by atoms with Gasteiger partial charge in [0.15, 0.2) is 0 Å². The fourth-order valence-electron chi connectivity index (χ4n) is 2.74. The molecule has 0 saturated carbocycles. The Balaban J connectivity index is 1.49. The van der Waals surface area contributed by atoms with Crippen molar-refractivity contribution in [2.24, 2.45) is 0 Å². The Morgan fingerprint density at radius 3 is 2.96 bits per heavy atom. The minimum Gasteiger partial charge on any atom is -0.338 e. The van der Waals surface area contributed by atoms with Crippen LogP contribution in [0.1, 0.15) is 23.8 Å². The van der Waals surface area contributed by atoms with E-state index >= 15 is 0 Å². The lowest BCUT2D eigenvalue weighted by molar-refractivity contribution is -0.129. The first-order valence-corrected chi connectivity index (χ1v) is 8.21. The number of benzene rings is 1. The van der Waals surface area contributed by atoms with Gasteiger partial charge in [-0.1, -0.05) is 35.5 Å². The second kappa shape index (κ2) is 5.92. The minimum atomic E-state index is -0.341. The molecular weight excluding hydrogens is 312 g/mol. The quantitative estimate of drug-likeness (QED) is 0.737. The van der Waals surface area contributed by atoms with Gasteiger partial charge < -0.3 is 9.42 Å². The molecule has 0 radical (unpaired) electrons. The van der Waals surface area contributed by atoms with Crippen molar-refractivity contribution in [3.8, 4) is 11.4 Å². The highest BCUT2D eigenvalue weighted by molar-refractivity contribution is 7.03. The predicted molar refractivity (Wildman–Crippen MR) is 84.6 cm³/mol.